The van der Waals surface area contributed by atoms with E-state index in [4.69, 9.17) is 4.74 Å². The van der Waals surface area contributed by atoms with E-state index in [1.807, 2.05) is 11.6 Å². The summed E-state index contributed by atoms with van der Waals surface area (Å²) >= 11 is 1.51. The number of benzene rings is 1. The number of halogens is 2. The molecule has 0 bridgehead atoms. The van der Waals surface area contributed by atoms with E-state index >= 15 is 0 Å². The van der Waals surface area contributed by atoms with E-state index in [1.165, 1.54) is 23.5 Å². The van der Waals surface area contributed by atoms with Crippen LogP contribution >= 0.6 is 11.3 Å². The van der Waals surface area contributed by atoms with Crippen LogP contribution in [-0.4, -0.2) is 37.9 Å². The third-order valence-electron chi connectivity index (χ3n) is 5.29. The van der Waals surface area contributed by atoms with Crippen LogP contribution in [0.3, 0.4) is 0 Å². The van der Waals surface area contributed by atoms with Crippen LogP contribution in [0, 0.1) is 18.6 Å². The van der Waals surface area contributed by atoms with Gasteiger partial charge in [-0.2, -0.15) is 15.1 Å². The molecule has 32 heavy (non-hydrogen) atoms. The summed E-state index contributed by atoms with van der Waals surface area (Å²) in [6, 6.07) is 3.66. The maximum Gasteiger partial charge on any atom is 0.227 e. The molecule has 3 aromatic heterocycles. The Morgan fingerprint density at radius 1 is 1.19 bits per heavy atom. The Morgan fingerprint density at radius 2 is 2.03 bits per heavy atom. The van der Waals surface area contributed by atoms with Crippen molar-refractivity contribution in [1.82, 2.24) is 24.7 Å². The summed E-state index contributed by atoms with van der Waals surface area (Å²) in [5.74, 6) is -0.368. The van der Waals surface area contributed by atoms with E-state index in [1.54, 1.807) is 12.4 Å². The highest BCUT2D eigenvalue weighted by molar-refractivity contribution is 7.15. The van der Waals surface area contributed by atoms with Crippen molar-refractivity contribution < 1.29 is 13.5 Å². The molecule has 0 saturated carbocycles. The van der Waals surface area contributed by atoms with E-state index in [2.05, 4.69) is 30.7 Å². The first-order valence-electron chi connectivity index (χ1n) is 10.3. The van der Waals surface area contributed by atoms with Gasteiger partial charge in [-0.05, 0) is 25.8 Å². The van der Waals surface area contributed by atoms with Gasteiger partial charge in [0.25, 0.3) is 0 Å². The molecule has 0 radical (unpaired) electrons. The molecule has 11 heteroatoms. The van der Waals surface area contributed by atoms with Gasteiger partial charge in [0.05, 0.1) is 17.6 Å². The van der Waals surface area contributed by atoms with Gasteiger partial charge < -0.3 is 15.4 Å². The predicted molar refractivity (Wildman–Crippen MR) is 118 cm³/mol. The van der Waals surface area contributed by atoms with Crippen LogP contribution in [0.2, 0.25) is 0 Å². The first-order chi connectivity index (χ1) is 15.6. The third kappa shape index (κ3) is 4.26. The summed E-state index contributed by atoms with van der Waals surface area (Å²) in [6.07, 6.45) is 5.22. The first-order valence-corrected chi connectivity index (χ1v) is 11.1. The summed E-state index contributed by atoms with van der Waals surface area (Å²) in [4.78, 5) is 14.7. The number of hydrogen-bond donors (Lipinski definition) is 2. The summed E-state index contributed by atoms with van der Waals surface area (Å²) in [5.41, 5.74) is 0.989. The van der Waals surface area contributed by atoms with Crippen molar-refractivity contribution >= 4 is 39.3 Å². The fourth-order valence-electron chi connectivity index (χ4n) is 3.65. The molecule has 0 aliphatic carbocycles. The summed E-state index contributed by atoms with van der Waals surface area (Å²) in [5, 5.41) is 12.4. The van der Waals surface area contributed by atoms with Crippen LogP contribution in [0.25, 0.3) is 11.0 Å². The van der Waals surface area contributed by atoms with E-state index < -0.39 is 11.6 Å². The normalized spacial score (nSPS) is 14.7. The molecule has 1 fully saturated rings. The lowest BCUT2D eigenvalue weighted by Gasteiger charge is -2.22. The topological polar surface area (TPSA) is 89.8 Å². The largest absolute Gasteiger partial charge is 0.381 e. The third-order valence-corrected chi connectivity index (χ3v) is 6.12. The average molecular weight is 458 g/mol. The Balaban J connectivity index is 1.50. The number of ether oxygens (including phenoxy) is 1. The molecule has 4 aromatic rings. The molecule has 166 valence electrons. The van der Waals surface area contributed by atoms with E-state index in [0.717, 1.165) is 29.2 Å². The minimum absolute atomic E-state index is 0.110. The summed E-state index contributed by atoms with van der Waals surface area (Å²) in [7, 11) is 0. The maximum absolute atomic E-state index is 14.1. The van der Waals surface area contributed by atoms with Crippen LogP contribution in [0.4, 0.5) is 25.7 Å². The molecule has 4 heterocycles. The van der Waals surface area contributed by atoms with E-state index in [-0.39, 0.29) is 12.6 Å². The Hall–Kier alpha value is -3.18. The number of hydrogen-bond acceptors (Lipinski definition) is 8. The molecule has 8 nitrogen and oxygen atoms in total. The molecule has 0 spiro atoms. The van der Waals surface area contributed by atoms with E-state index in [0.29, 0.717) is 41.3 Å². The zero-order valence-electron chi connectivity index (χ0n) is 17.3. The lowest BCUT2D eigenvalue weighted by molar-refractivity contribution is 0.0673. The summed E-state index contributed by atoms with van der Waals surface area (Å²) < 4.78 is 34.7. The van der Waals surface area contributed by atoms with Crippen LogP contribution in [0.15, 0.2) is 30.6 Å². The fourth-order valence-corrected chi connectivity index (χ4v) is 4.31. The lowest BCUT2D eigenvalue weighted by Crippen LogP contribution is -2.21. The average Bonchev–Trinajstić information content (AvgIpc) is 3.40. The van der Waals surface area contributed by atoms with Crippen molar-refractivity contribution in [3.63, 3.8) is 0 Å². The molecule has 1 aromatic carbocycles. The highest BCUT2D eigenvalue weighted by Crippen LogP contribution is 2.31. The number of thiazole rings is 1. The van der Waals surface area contributed by atoms with Crippen molar-refractivity contribution in [2.24, 2.45) is 0 Å². The number of fused-ring (bicyclic) bond motifs is 1. The Bertz CT molecular complexity index is 1250. The van der Waals surface area contributed by atoms with Crippen LogP contribution < -0.4 is 10.6 Å². The zero-order chi connectivity index (χ0) is 22.1. The minimum atomic E-state index is -0.623. The maximum atomic E-state index is 14.1. The van der Waals surface area contributed by atoms with Gasteiger partial charge in [-0.1, -0.05) is 6.07 Å². The van der Waals surface area contributed by atoms with Crippen molar-refractivity contribution in [3.05, 3.63) is 52.7 Å². The summed E-state index contributed by atoms with van der Waals surface area (Å²) in [6.45, 7) is 3.44. The van der Waals surface area contributed by atoms with Crippen molar-refractivity contribution in [2.75, 3.05) is 23.8 Å². The zero-order valence-corrected chi connectivity index (χ0v) is 18.1. The highest BCUT2D eigenvalue weighted by Gasteiger charge is 2.22. The number of rotatable bonds is 6. The Kier molecular flexibility index (Phi) is 5.66. The molecule has 2 N–H and O–H groups in total. The van der Waals surface area contributed by atoms with Gasteiger partial charge in [-0.3, -0.25) is 0 Å². The van der Waals surface area contributed by atoms with Crippen LogP contribution in [-0.2, 0) is 11.3 Å². The van der Waals surface area contributed by atoms with Crippen molar-refractivity contribution in [3.8, 4) is 0 Å². The molecular weight excluding hydrogens is 436 g/mol. The molecule has 5 rings (SSSR count). The Morgan fingerprint density at radius 3 is 2.78 bits per heavy atom. The van der Waals surface area contributed by atoms with Gasteiger partial charge in [0.2, 0.25) is 5.95 Å². The molecule has 0 amide bonds. The fraction of sp³-hybridized carbons (Fsp3) is 0.333. The minimum Gasteiger partial charge on any atom is -0.381 e. The number of nitrogens with zero attached hydrogens (tertiary/aromatic N) is 5. The standard InChI is InChI=1S/C21H21F2N7OS/c1-12-9-25-21(32-12)28-18-16-11-26-30(15-4-6-31-7-5-15)19(16)29-20(27-18)24-10-13-2-3-14(22)8-17(13)23/h2-3,8-9,11,15H,4-7,10H2,1H3,(H2,24,25,27,28,29). The predicted octanol–water partition coefficient (Wildman–Crippen LogP) is 4.58. The number of aromatic nitrogens is 5. The molecule has 1 aliphatic rings. The van der Waals surface area contributed by atoms with Crippen molar-refractivity contribution in [2.45, 2.75) is 32.4 Å². The van der Waals surface area contributed by atoms with Crippen LogP contribution in [0.1, 0.15) is 29.3 Å². The highest BCUT2D eigenvalue weighted by atomic mass is 32.1. The van der Waals surface area contributed by atoms with Gasteiger partial charge in [0.15, 0.2) is 10.8 Å². The second-order valence-corrected chi connectivity index (χ2v) is 8.79. The van der Waals surface area contributed by atoms with Crippen molar-refractivity contribution in [1.29, 1.82) is 0 Å². The van der Waals surface area contributed by atoms with Gasteiger partial charge in [-0.25, -0.2) is 18.4 Å². The molecular formula is C21H21F2N7OS. The number of aryl methyl sites for hydroxylation is 1. The van der Waals surface area contributed by atoms with Crippen LogP contribution in [0.5, 0.6) is 0 Å². The quantitative estimate of drug-likeness (QED) is 0.438. The van der Waals surface area contributed by atoms with E-state index in [9.17, 15) is 8.78 Å². The molecule has 0 atom stereocenters. The van der Waals surface area contributed by atoms with Gasteiger partial charge >= 0.3 is 0 Å². The molecule has 1 aliphatic heterocycles. The second-order valence-electron chi connectivity index (χ2n) is 7.56. The molecule has 0 unspecified atom stereocenters. The smallest absolute Gasteiger partial charge is 0.227 e. The molecule has 1 saturated heterocycles. The Labute approximate surface area is 186 Å². The second kappa shape index (κ2) is 8.75. The lowest BCUT2D eigenvalue weighted by atomic mass is 10.1. The SMILES string of the molecule is Cc1cnc(Nc2nc(NCc3ccc(F)cc3F)nc3c2cnn3C2CCOCC2)s1. The first kappa shape index (κ1) is 20.7. The number of nitrogens with one attached hydrogen (secondary N) is 2. The number of anilines is 3. The van der Waals surface area contributed by atoms with Gasteiger partial charge in [-0.15, -0.1) is 11.3 Å². The monoisotopic (exact) mass is 457 g/mol. The van der Waals surface area contributed by atoms with Gasteiger partial charge in [0.1, 0.15) is 17.5 Å². The van der Waals surface area contributed by atoms with Gasteiger partial charge in [0, 0.05) is 42.5 Å².